The molecule has 0 bridgehead atoms. The second-order valence-corrected chi connectivity index (χ2v) is 12.2. The Bertz CT molecular complexity index is 1980. The molecule has 0 saturated carbocycles. The number of halogens is 1. The normalized spacial score (nSPS) is 14.4. The number of amides is 1. The average Bonchev–Trinajstić information content (AvgIpc) is 3.38. The van der Waals surface area contributed by atoms with Crippen molar-refractivity contribution in [3.8, 4) is 23.0 Å². The first-order valence-corrected chi connectivity index (χ1v) is 16.6. The molecule has 0 spiro atoms. The van der Waals surface area contributed by atoms with Crippen LogP contribution in [0.2, 0.25) is 5.02 Å². The smallest absolute Gasteiger partial charge is 0.271 e. The molecule has 47 heavy (non-hydrogen) atoms. The van der Waals surface area contributed by atoms with Crippen LogP contribution < -0.4 is 33.8 Å². The van der Waals surface area contributed by atoms with E-state index in [9.17, 15) is 9.59 Å². The molecule has 0 unspecified atom stereocenters. The number of rotatable bonds is 12. The van der Waals surface area contributed by atoms with E-state index in [-0.39, 0.29) is 11.5 Å². The topological polar surface area (TPSA) is 91.6 Å². The number of likely N-dealkylation sites (N-methyl/N-ethyl adjacent to an activating group) is 1. The zero-order chi connectivity index (χ0) is 33.7. The number of nitrogens with zero attached hydrogens (tertiary/aromatic N) is 3. The van der Waals surface area contributed by atoms with Gasteiger partial charge in [-0.25, -0.2) is 4.99 Å². The summed E-state index contributed by atoms with van der Waals surface area (Å²) in [5.41, 5.74) is 3.04. The Kier molecular flexibility index (Phi) is 10.7. The second kappa shape index (κ2) is 14.9. The van der Waals surface area contributed by atoms with Gasteiger partial charge in [-0.05, 0) is 87.4 Å². The molecule has 1 aliphatic heterocycles. The largest absolute Gasteiger partial charge is 0.497 e. The molecule has 5 rings (SSSR count). The van der Waals surface area contributed by atoms with Crippen LogP contribution in [0.15, 0.2) is 81.7 Å². The number of ether oxygens (including phenoxy) is 4. The number of methoxy groups -OCH3 is 2. The van der Waals surface area contributed by atoms with Crippen LogP contribution in [-0.2, 0) is 11.4 Å². The Morgan fingerprint density at radius 2 is 1.68 bits per heavy atom. The number of carbonyl (C=O) groups excluding carboxylic acids is 1. The van der Waals surface area contributed by atoms with E-state index in [4.69, 9.17) is 35.5 Å². The number of thiazole rings is 1. The molecule has 4 aromatic rings. The van der Waals surface area contributed by atoms with Crippen LogP contribution in [0.25, 0.3) is 6.08 Å². The van der Waals surface area contributed by atoms with Crippen LogP contribution in [-0.4, -0.2) is 49.3 Å². The van der Waals surface area contributed by atoms with Crippen LogP contribution >= 0.6 is 22.9 Å². The minimum absolute atomic E-state index is 0.184. The van der Waals surface area contributed by atoms with Crippen LogP contribution in [0.3, 0.4) is 0 Å². The molecule has 11 heteroatoms. The van der Waals surface area contributed by atoms with E-state index in [2.05, 4.69) is 0 Å². The summed E-state index contributed by atoms with van der Waals surface area (Å²) in [5.74, 6) is 2.07. The molecular weight excluding hydrogens is 638 g/mol. The van der Waals surface area contributed by atoms with E-state index in [1.807, 2.05) is 76.2 Å². The van der Waals surface area contributed by atoms with Gasteiger partial charge in [0.05, 0.1) is 36.6 Å². The first-order chi connectivity index (χ1) is 22.7. The lowest BCUT2D eigenvalue weighted by Crippen LogP contribution is -2.43. The maximum absolute atomic E-state index is 14.3. The van der Waals surface area contributed by atoms with Crippen molar-refractivity contribution in [1.29, 1.82) is 0 Å². The molecule has 0 radical (unpaired) electrons. The standard InChI is InChI=1S/C36H38ClN3O6S/c1-7-39(8-2)35(42)32-22(4)38-36-40(33(32)27-20-26(43-5)15-17-28(27)44-6)34(41)31(47-36)19-24-12-16-29(30(18-24)45-9-3)46-21-23-10-13-25(37)14-11-23/h10-20,33H,7-9,21H2,1-6H3/b31-19+/t33-/m0/s1. The van der Waals surface area contributed by atoms with E-state index < -0.39 is 6.04 Å². The van der Waals surface area contributed by atoms with Crippen molar-refractivity contribution in [1.82, 2.24) is 9.47 Å². The SMILES string of the molecule is CCOc1cc(/C=c2/sc3n(c2=O)[C@@H](c2cc(OC)ccc2OC)C(C(=O)N(CC)CC)=C(C)N=3)ccc1OCc1ccc(Cl)cc1. The van der Waals surface area contributed by atoms with Gasteiger partial charge in [0.2, 0.25) is 0 Å². The first kappa shape index (κ1) is 33.8. The summed E-state index contributed by atoms with van der Waals surface area (Å²) in [4.78, 5) is 35.3. The molecule has 1 amide bonds. The highest BCUT2D eigenvalue weighted by Crippen LogP contribution is 2.38. The molecule has 3 aromatic carbocycles. The van der Waals surface area contributed by atoms with Crippen molar-refractivity contribution < 1.29 is 23.7 Å². The molecule has 0 aliphatic carbocycles. The lowest BCUT2D eigenvalue weighted by molar-refractivity contribution is -0.127. The van der Waals surface area contributed by atoms with Crippen LogP contribution in [0.4, 0.5) is 0 Å². The van der Waals surface area contributed by atoms with Crippen LogP contribution in [0.5, 0.6) is 23.0 Å². The Labute approximate surface area is 282 Å². The van der Waals surface area contributed by atoms with Crippen molar-refractivity contribution in [3.05, 3.63) is 113 Å². The molecule has 1 aromatic heterocycles. The van der Waals surface area contributed by atoms with Gasteiger partial charge in [0, 0.05) is 23.7 Å². The highest BCUT2D eigenvalue weighted by molar-refractivity contribution is 7.07. The first-order valence-electron chi connectivity index (χ1n) is 15.4. The highest BCUT2D eigenvalue weighted by Gasteiger charge is 2.36. The predicted molar refractivity (Wildman–Crippen MR) is 185 cm³/mol. The number of carbonyl (C=O) groups is 1. The van der Waals surface area contributed by atoms with Crippen molar-refractivity contribution in [2.45, 2.75) is 40.3 Å². The zero-order valence-corrected chi connectivity index (χ0v) is 28.9. The minimum Gasteiger partial charge on any atom is -0.497 e. The van der Waals surface area contributed by atoms with Gasteiger partial charge in [-0.15, -0.1) is 0 Å². The summed E-state index contributed by atoms with van der Waals surface area (Å²) >= 11 is 7.28. The number of hydrogen-bond acceptors (Lipinski definition) is 8. The zero-order valence-electron chi connectivity index (χ0n) is 27.3. The highest BCUT2D eigenvalue weighted by atomic mass is 35.5. The molecule has 9 nitrogen and oxygen atoms in total. The maximum Gasteiger partial charge on any atom is 0.271 e. The number of benzene rings is 3. The average molecular weight is 676 g/mol. The summed E-state index contributed by atoms with van der Waals surface area (Å²) in [6.07, 6.45) is 1.81. The molecule has 246 valence electrons. The molecule has 1 atom stereocenters. The second-order valence-electron chi connectivity index (χ2n) is 10.7. The van der Waals surface area contributed by atoms with Gasteiger partial charge in [-0.1, -0.05) is 41.1 Å². The van der Waals surface area contributed by atoms with E-state index in [0.29, 0.717) is 80.5 Å². The molecule has 0 saturated heterocycles. The number of aromatic nitrogens is 1. The quantitative estimate of drug-likeness (QED) is 0.190. The summed E-state index contributed by atoms with van der Waals surface area (Å²) in [7, 11) is 3.14. The third-order valence-corrected chi connectivity index (χ3v) is 9.14. The van der Waals surface area contributed by atoms with E-state index in [0.717, 1.165) is 11.1 Å². The van der Waals surface area contributed by atoms with E-state index >= 15 is 0 Å². The van der Waals surface area contributed by atoms with Crippen molar-refractivity contribution in [3.63, 3.8) is 0 Å². The monoisotopic (exact) mass is 675 g/mol. The molecule has 2 heterocycles. The Morgan fingerprint density at radius 3 is 2.34 bits per heavy atom. The molecule has 0 fully saturated rings. The summed E-state index contributed by atoms with van der Waals surface area (Å²) in [5, 5.41) is 0.661. The Balaban J connectivity index is 1.61. The Morgan fingerprint density at radius 1 is 0.957 bits per heavy atom. The summed E-state index contributed by atoms with van der Waals surface area (Å²) in [6, 6.07) is 17.6. The lowest BCUT2D eigenvalue weighted by atomic mass is 9.93. The molecular formula is C36H38ClN3O6S. The van der Waals surface area contributed by atoms with Crippen molar-refractivity contribution in [2.75, 3.05) is 33.9 Å². The third kappa shape index (κ3) is 7.08. The van der Waals surface area contributed by atoms with Crippen LogP contribution in [0.1, 0.15) is 50.4 Å². The fourth-order valence-electron chi connectivity index (χ4n) is 5.52. The predicted octanol–water partition coefficient (Wildman–Crippen LogP) is 5.75. The van der Waals surface area contributed by atoms with Crippen LogP contribution in [0, 0.1) is 0 Å². The van der Waals surface area contributed by atoms with Gasteiger partial charge in [0.25, 0.3) is 11.5 Å². The van der Waals surface area contributed by atoms with Gasteiger partial charge < -0.3 is 23.8 Å². The summed E-state index contributed by atoms with van der Waals surface area (Å²) < 4.78 is 25.3. The van der Waals surface area contributed by atoms with E-state index in [1.165, 1.54) is 11.3 Å². The summed E-state index contributed by atoms with van der Waals surface area (Å²) in [6.45, 7) is 9.38. The van der Waals surface area contributed by atoms with Gasteiger partial charge in [0.15, 0.2) is 16.3 Å². The fourth-order valence-corrected chi connectivity index (χ4v) is 6.69. The van der Waals surface area contributed by atoms with Gasteiger partial charge in [-0.2, -0.15) is 0 Å². The minimum atomic E-state index is -0.783. The molecule has 1 aliphatic rings. The molecule has 0 N–H and O–H groups in total. The third-order valence-electron chi connectivity index (χ3n) is 7.91. The number of allylic oxidation sites excluding steroid dienone is 1. The Hall–Kier alpha value is -4.54. The lowest BCUT2D eigenvalue weighted by Gasteiger charge is -2.30. The fraction of sp³-hybridized carbons (Fsp3) is 0.306. The van der Waals surface area contributed by atoms with Gasteiger partial charge in [-0.3, -0.25) is 14.2 Å². The van der Waals surface area contributed by atoms with Crippen molar-refractivity contribution in [2.24, 2.45) is 4.99 Å². The van der Waals surface area contributed by atoms with Crippen molar-refractivity contribution >= 4 is 34.9 Å². The number of fused-ring (bicyclic) bond motifs is 1. The van der Waals surface area contributed by atoms with Gasteiger partial charge >= 0.3 is 0 Å². The van der Waals surface area contributed by atoms with E-state index in [1.54, 1.807) is 41.9 Å². The number of hydrogen-bond donors (Lipinski definition) is 0. The van der Waals surface area contributed by atoms with Gasteiger partial charge in [0.1, 0.15) is 24.1 Å². The maximum atomic E-state index is 14.3.